The molecule has 3 saturated heterocycles. The summed E-state index contributed by atoms with van der Waals surface area (Å²) >= 11 is 0. The van der Waals surface area contributed by atoms with E-state index in [0.717, 1.165) is 0 Å². The van der Waals surface area contributed by atoms with Crippen molar-refractivity contribution >= 4 is 5.97 Å². The maximum atomic E-state index is 10.9. The van der Waals surface area contributed by atoms with Gasteiger partial charge in [0.1, 0.15) is 24.4 Å². The lowest BCUT2D eigenvalue weighted by Gasteiger charge is -2.21. The van der Waals surface area contributed by atoms with E-state index in [1.807, 2.05) is 0 Å². The second-order valence-electron chi connectivity index (χ2n) is 4.92. The van der Waals surface area contributed by atoms with Gasteiger partial charge in [-0.15, -0.1) is 0 Å². The highest BCUT2D eigenvalue weighted by Gasteiger charge is 2.63. The Morgan fingerprint density at radius 1 is 1.12 bits per heavy atom. The topological polar surface area (TPSA) is 94.5 Å². The van der Waals surface area contributed by atoms with Gasteiger partial charge in [0.2, 0.25) is 0 Å². The van der Waals surface area contributed by atoms with Gasteiger partial charge in [0.15, 0.2) is 18.2 Å². The van der Waals surface area contributed by atoms with Crippen molar-refractivity contribution in [3.05, 3.63) is 0 Å². The first-order chi connectivity index (χ1) is 7.89. The van der Waals surface area contributed by atoms with Crippen molar-refractivity contribution in [2.75, 3.05) is 0 Å². The summed E-state index contributed by atoms with van der Waals surface area (Å²) in [6, 6.07) is 0. The van der Waals surface area contributed by atoms with Crippen molar-refractivity contribution in [2.24, 2.45) is 0 Å². The molecule has 0 aliphatic carbocycles. The number of rotatable bonds is 1. The van der Waals surface area contributed by atoms with E-state index in [-0.39, 0.29) is 0 Å². The Bertz CT molecular complexity index is 355. The summed E-state index contributed by atoms with van der Waals surface area (Å²) in [7, 11) is 0. The summed E-state index contributed by atoms with van der Waals surface area (Å²) in [4.78, 5) is 10.9. The number of ether oxygens (including phenoxy) is 4. The molecule has 3 aliphatic heterocycles. The third-order valence-corrected chi connectivity index (χ3v) is 3.22. The lowest BCUT2D eigenvalue weighted by molar-refractivity contribution is -0.214. The van der Waals surface area contributed by atoms with Gasteiger partial charge >= 0.3 is 5.97 Å². The highest BCUT2D eigenvalue weighted by molar-refractivity contribution is 5.73. The molecule has 0 aromatic carbocycles. The first-order valence-corrected chi connectivity index (χ1v) is 5.46. The molecule has 3 heterocycles. The van der Waals surface area contributed by atoms with Crippen LogP contribution in [0.4, 0.5) is 0 Å². The quantitative estimate of drug-likeness (QED) is 0.617. The highest BCUT2D eigenvalue weighted by Crippen LogP contribution is 2.43. The molecule has 2 N–H and O–H groups in total. The normalized spacial score (nSPS) is 51.2. The summed E-state index contributed by atoms with van der Waals surface area (Å²) in [6.45, 7) is 3.48. The van der Waals surface area contributed by atoms with Gasteiger partial charge in [-0.25, -0.2) is 4.79 Å². The third-order valence-electron chi connectivity index (χ3n) is 3.22. The lowest BCUT2D eigenvalue weighted by Crippen LogP contribution is -2.37. The molecule has 0 unspecified atom stereocenters. The van der Waals surface area contributed by atoms with Crippen LogP contribution in [0, 0.1) is 0 Å². The molecule has 7 heteroatoms. The van der Waals surface area contributed by atoms with Gasteiger partial charge in [-0.3, -0.25) is 0 Å². The minimum absolute atomic E-state index is 0.492. The molecule has 0 amide bonds. The number of carboxylic acid groups (broad SMARTS) is 1. The Balaban J connectivity index is 1.79. The maximum absolute atomic E-state index is 10.9. The van der Waals surface area contributed by atoms with Gasteiger partial charge in [-0.2, -0.15) is 0 Å². The first-order valence-electron chi connectivity index (χ1n) is 5.46. The maximum Gasteiger partial charge on any atom is 0.335 e. The molecule has 0 bridgehead atoms. The molecule has 3 rings (SSSR count). The van der Waals surface area contributed by atoms with Gasteiger partial charge in [-0.05, 0) is 13.8 Å². The molecule has 0 aromatic heterocycles. The van der Waals surface area contributed by atoms with E-state index in [0.29, 0.717) is 0 Å². The van der Waals surface area contributed by atoms with Crippen molar-refractivity contribution in [1.82, 2.24) is 0 Å². The van der Waals surface area contributed by atoms with Gasteiger partial charge in [0, 0.05) is 0 Å². The van der Waals surface area contributed by atoms with E-state index < -0.39 is 48.6 Å². The molecule has 0 radical (unpaired) electrons. The average molecular weight is 246 g/mol. The number of carboxylic acids is 1. The Labute approximate surface area is 97.2 Å². The van der Waals surface area contributed by atoms with Crippen LogP contribution in [0.15, 0.2) is 0 Å². The van der Waals surface area contributed by atoms with E-state index in [4.69, 9.17) is 24.1 Å². The smallest absolute Gasteiger partial charge is 0.335 e. The summed E-state index contributed by atoms with van der Waals surface area (Å²) in [6.07, 6.45) is -4.87. The van der Waals surface area contributed by atoms with E-state index in [1.54, 1.807) is 13.8 Å². The summed E-state index contributed by atoms with van der Waals surface area (Å²) in [5.41, 5.74) is 0. The van der Waals surface area contributed by atoms with Crippen LogP contribution in [0.25, 0.3) is 0 Å². The lowest BCUT2D eigenvalue weighted by atomic mass is 10.1. The monoisotopic (exact) mass is 246 g/mol. The average Bonchev–Trinajstić information content (AvgIpc) is 2.75. The number of hydrogen-bond acceptors (Lipinski definition) is 6. The Morgan fingerprint density at radius 3 is 2.47 bits per heavy atom. The number of aliphatic carboxylic acids is 1. The van der Waals surface area contributed by atoms with Crippen molar-refractivity contribution in [2.45, 2.75) is 56.4 Å². The van der Waals surface area contributed by atoms with Gasteiger partial charge in [0.25, 0.3) is 0 Å². The van der Waals surface area contributed by atoms with Crippen LogP contribution in [0.5, 0.6) is 0 Å². The predicted octanol–water partition coefficient (Wildman–Crippen LogP) is -0.924. The zero-order valence-corrected chi connectivity index (χ0v) is 9.40. The van der Waals surface area contributed by atoms with Gasteiger partial charge in [0.05, 0.1) is 0 Å². The fourth-order valence-electron chi connectivity index (χ4n) is 2.56. The van der Waals surface area contributed by atoms with E-state index in [1.165, 1.54) is 0 Å². The zero-order chi connectivity index (χ0) is 12.4. The number of hydrogen-bond donors (Lipinski definition) is 2. The molecule has 3 aliphatic rings. The molecule has 7 nitrogen and oxygen atoms in total. The van der Waals surface area contributed by atoms with Crippen LogP contribution in [-0.4, -0.2) is 58.8 Å². The van der Waals surface area contributed by atoms with Crippen molar-refractivity contribution in [3.63, 3.8) is 0 Å². The van der Waals surface area contributed by atoms with Crippen molar-refractivity contribution < 1.29 is 34.0 Å². The highest BCUT2D eigenvalue weighted by atomic mass is 16.8. The molecule has 6 atom stereocenters. The second kappa shape index (κ2) is 3.39. The standard InChI is InChI=1S/C10H14O7/c1-10(2)16-7-6-4(15-9(7)17-10)3(11)5(14-6)8(12)13/h3-7,9,11H,1-2H3,(H,12,13)/t3-,4+,5-,6-,7+,9+/m0/s1. The van der Waals surface area contributed by atoms with Gasteiger partial charge < -0.3 is 29.2 Å². The first kappa shape index (κ1) is 11.4. The summed E-state index contributed by atoms with van der Waals surface area (Å²) in [5.74, 6) is -1.99. The van der Waals surface area contributed by atoms with E-state index in [2.05, 4.69) is 0 Å². The summed E-state index contributed by atoms with van der Waals surface area (Å²) < 4.78 is 21.8. The fraction of sp³-hybridized carbons (Fsp3) is 0.900. The minimum Gasteiger partial charge on any atom is -0.479 e. The van der Waals surface area contributed by atoms with Crippen LogP contribution < -0.4 is 0 Å². The molecule has 96 valence electrons. The van der Waals surface area contributed by atoms with Gasteiger partial charge in [-0.1, -0.05) is 0 Å². The van der Waals surface area contributed by atoms with Crippen LogP contribution >= 0.6 is 0 Å². The molecule has 3 fully saturated rings. The number of aliphatic hydroxyl groups excluding tert-OH is 1. The second-order valence-corrected chi connectivity index (χ2v) is 4.92. The number of carbonyl (C=O) groups is 1. The molecule has 0 aromatic rings. The molecule has 17 heavy (non-hydrogen) atoms. The molecular formula is C10H14O7. The fourth-order valence-corrected chi connectivity index (χ4v) is 2.56. The minimum atomic E-state index is -1.27. The third kappa shape index (κ3) is 1.58. The largest absolute Gasteiger partial charge is 0.479 e. The van der Waals surface area contributed by atoms with Crippen LogP contribution in [-0.2, 0) is 23.7 Å². The summed E-state index contributed by atoms with van der Waals surface area (Å²) in [5, 5.41) is 18.6. The number of fused-ring (bicyclic) bond motifs is 3. The Morgan fingerprint density at radius 2 is 1.82 bits per heavy atom. The molecule has 0 saturated carbocycles. The van der Waals surface area contributed by atoms with Crippen molar-refractivity contribution in [3.8, 4) is 0 Å². The molecular weight excluding hydrogens is 232 g/mol. The van der Waals surface area contributed by atoms with Crippen LogP contribution in [0.2, 0.25) is 0 Å². The van der Waals surface area contributed by atoms with Crippen LogP contribution in [0.1, 0.15) is 13.8 Å². The SMILES string of the molecule is CC1(C)O[C@H]2O[C@@H]3[C@H](O)[C@@H](C(=O)O)O[C@@H]3[C@H]2O1. The Kier molecular flexibility index (Phi) is 2.27. The number of aliphatic hydroxyl groups is 1. The van der Waals surface area contributed by atoms with Crippen molar-refractivity contribution in [1.29, 1.82) is 0 Å². The molecule has 0 spiro atoms. The Hall–Kier alpha value is -0.730. The zero-order valence-electron chi connectivity index (χ0n) is 9.40. The van der Waals surface area contributed by atoms with Crippen LogP contribution in [0.3, 0.4) is 0 Å². The van der Waals surface area contributed by atoms with E-state index >= 15 is 0 Å². The van der Waals surface area contributed by atoms with E-state index in [9.17, 15) is 9.90 Å². The predicted molar refractivity (Wildman–Crippen MR) is 51.0 cm³/mol.